The molecule has 1 unspecified atom stereocenters. The smallest absolute Gasteiger partial charge is 0.0839 e. The van der Waals surface area contributed by atoms with Crippen LogP contribution in [0.1, 0.15) is 31.4 Å². The molecular weight excluding hydrogens is 236 g/mol. The molecule has 0 amide bonds. The van der Waals surface area contributed by atoms with Gasteiger partial charge in [0.1, 0.15) is 0 Å². The highest BCUT2D eigenvalue weighted by Gasteiger charge is 2.19. The number of aliphatic hydroxyl groups is 1. The molecule has 0 aliphatic carbocycles. The molecule has 1 aliphatic heterocycles. The summed E-state index contributed by atoms with van der Waals surface area (Å²) in [5, 5.41) is 13.4. The lowest BCUT2D eigenvalue weighted by molar-refractivity contribution is 0.173. The Bertz CT molecular complexity index is 417. The third-order valence-electron chi connectivity index (χ3n) is 3.64. The van der Waals surface area contributed by atoms with Crippen molar-refractivity contribution in [1.82, 2.24) is 5.32 Å². The lowest BCUT2D eigenvalue weighted by Gasteiger charge is -2.33. The molecule has 1 atom stereocenters. The van der Waals surface area contributed by atoms with Gasteiger partial charge in [0.2, 0.25) is 0 Å². The summed E-state index contributed by atoms with van der Waals surface area (Å²) in [5.41, 5.74) is 4.05. The van der Waals surface area contributed by atoms with E-state index in [1.165, 1.54) is 23.2 Å². The van der Waals surface area contributed by atoms with Gasteiger partial charge in [0.25, 0.3) is 0 Å². The molecule has 0 fully saturated rings. The highest BCUT2D eigenvalue weighted by atomic mass is 16.3. The van der Waals surface area contributed by atoms with Crippen molar-refractivity contribution in [2.24, 2.45) is 0 Å². The van der Waals surface area contributed by atoms with E-state index in [0.29, 0.717) is 12.6 Å². The fourth-order valence-electron chi connectivity index (χ4n) is 2.68. The maximum absolute atomic E-state index is 10.1. The van der Waals surface area contributed by atoms with Crippen molar-refractivity contribution in [2.75, 3.05) is 24.5 Å². The van der Waals surface area contributed by atoms with Gasteiger partial charge in [-0.1, -0.05) is 31.5 Å². The van der Waals surface area contributed by atoms with E-state index in [1.54, 1.807) is 0 Å². The number of hydrogen-bond acceptors (Lipinski definition) is 3. The summed E-state index contributed by atoms with van der Waals surface area (Å²) in [6.45, 7) is 8.78. The SMILES string of the molecule is Cc1ccc2c(c1)CCCN2CC(O)CNC(C)C. The van der Waals surface area contributed by atoms with Gasteiger partial charge in [0.05, 0.1) is 6.10 Å². The van der Waals surface area contributed by atoms with Gasteiger partial charge in [0, 0.05) is 31.4 Å². The number of benzene rings is 1. The second kappa shape index (κ2) is 6.40. The van der Waals surface area contributed by atoms with Gasteiger partial charge in [-0.2, -0.15) is 0 Å². The molecule has 0 radical (unpaired) electrons. The predicted octanol–water partition coefficient (Wildman–Crippen LogP) is 2.11. The molecule has 1 aromatic carbocycles. The van der Waals surface area contributed by atoms with Crippen LogP contribution >= 0.6 is 0 Å². The van der Waals surface area contributed by atoms with Gasteiger partial charge in [-0.15, -0.1) is 0 Å². The second-order valence-electron chi connectivity index (χ2n) is 5.90. The lowest BCUT2D eigenvalue weighted by atomic mass is 9.99. The molecule has 19 heavy (non-hydrogen) atoms. The molecule has 1 aliphatic rings. The van der Waals surface area contributed by atoms with Crippen molar-refractivity contribution in [1.29, 1.82) is 0 Å². The molecule has 0 saturated carbocycles. The topological polar surface area (TPSA) is 35.5 Å². The number of nitrogens with zero attached hydrogens (tertiary/aromatic N) is 1. The van der Waals surface area contributed by atoms with Crippen LogP contribution in [-0.4, -0.2) is 36.9 Å². The van der Waals surface area contributed by atoms with Crippen LogP contribution in [0.5, 0.6) is 0 Å². The summed E-state index contributed by atoms with van der Waals surface area (Å²) >= 11 is 0. The molecule has 106 valence electrons. The number of aryl methyl sites for hydroxylation is 2. The monoisotopic (exact) mass is 262 g/mol. The van der Waals surface area contributed by atoms with E-state index in [2.05, 4.69) is 49.2 Å². The van der Waals surface area contributed by atoms with Gasteiger partial charge in [-0.05, 0) is 31.4 Å². The Balaban J connectivity index is 1.99. The van der Waals surface area contributed by atoms with Crippen LogP contribution in [0.25, 0.3) is 0 Å². The fraction of sp³-hybridized carbons (Fsp3) is 0.625. The van der Waals surface area contributed by atoms with Gasteiger partial charge >= 0.3 is 0 Å². The minimum atomic E-state index is -0.311. The van der Waals surface area contributed by atoms with Gasteiger partial charge in [-0.25, -0.2) is 0 Å². The largest absolute Gasteiger partial charge is 0.390 e. The average molecular weight is 262 g/mol. The molecule has 0 spiro atoms. The molecule has 2 N–H and O–H groups in total. The Morgan fingerprint density at radius 3 is 2.89 bits per heavy atom. The molecule has 1 aromatic rings. The summed E-state index contributed by atoms with van der Waals surface area (Å²) in [5.74, 6) is 0. The number of fused-ring (bicyclic) bond motifs is 1. The van der Waals surface area contributed by atoms with Crippen LogP contribution < -0.4 is 10.2 Å². The van der Waals surface area contributed by atoms with Crippen LogP contribution in [0.3, 0.4) is 0 Å². The molecule has 3 nitrogen and oxygen atoms in total. The Hall–Kier alpha value is -1.06. The summed E-state index contributed by atoms with van der Waals surface area (Å²) in [4.78, 5) is 2.32. The number of aliphatic hydroxyl groups excluding tert-OH is 1. The third kappa shape index (κ3) is 3.95. The number of β-amino-alcohol motifs (C(OH)–C–C–N with tert-alkyl or cyclic N) is 1. The maximum Gasteiger partial charge on any atom is 0.0839 e. The molecule has 0 aromatic heterocycles. The van der Waals surface area contributed by atoms with E-state index < -0.39 is 0 Å². The van der Waals surface area contributed by atoms with E-state index in [4.69, 9.17) is 0 Å². The second-order valence-corrected chi connectivity index (χ2v) is 5.90. The molecular formula is C16H26N2O. The zero-order valence-electron chi connectivity index (χ0n) is 12.3. The highest BCUT2D eigenvalue weighted by molar-refractivity contribution is 5.56. The van der Waals surface area contributed by atoms with Crippen molar-refractivity contribution in [3.63, 3.8) is 0 Å². The molecule has 0 saturated heterocycles. The van der Waals surface area contributed by atoms with E-state index in [9.17, 15) is 5.11 Å². The normalized spacial score (nSPS) is 16.6. The van der Waals surface area contributed by atoms with Crippen molar-refractivity contribution in [3.8, 4) is 0 Å². The molecule has 1 heterocycles. The number of nitrogens with one attached hydrogen (secondary N) is 1. The van der Waals surface area contributed by atoms with Crippen molar-refractivity contribution >= 4 is 5.69 Å². The van der Waals surface area contributed by atoms with Gasteiger partial charge in [-0.3, -0.25) is 0 Å². The Morgan fingerprint density at radius 1 is 1.37 bits per heavy atom. The summed E-state index contributed by atoms with van der Waals surface area (Å²) in [6, 6.07) is 7.06. The van der Waals surface area contributed by atoms with E-state index in [0.717, 1.165) is 19.5 Å². The standard InChI is InChI=1S/C16H26N2O/c1-12(2)17-10-15(19)11-18-8-4-5-14-9-13(3)6-7-16(14)18/h6-7,9,12,15,17,19H,4-5,8,10-11H2,1-3H3. The van der Waals surface area contributed by atoms with Crippen LogP contribution in [0.15, 0.2) is 18.2 Å². The fourth-order valence-corrected chi connectivity index (χ4v) is 2.68. The Kier molecular flexibility index (Phi) is 4.83. The minimum absolute atomic E-state index is 0.311. The van der Waals surface area contributed by atoms with Crippen LogP contribution in [0.4, 0.5) is 5.69 Å². The molecule has 2 rings (SSSR count). The summed E-state index contributed by atoms with van der Waals surface area (Å²) in [6.07, 6.45) is 2.03. The van der Waals surface area contributed by atoms with E-state index >= 15 is 0 Å². The number of hydrogen-bond donors (Lipinski definition) is 2. The number of anilines is 1. The first-order valence-corrected chi connectivity index (χ1v) is 7.32. The Labute approximate surface area is 116 Å². The lowest BCUT2D eigenvalue weighted by Crippen LogP contribution is -2.42. The maximum atomic E-state index is 10.1. The average Bonchev–Trinajstić information content (AvgIpc) is 2.36. The van der Waals surface area contributed by atoms with Crippen LogP contribution in [-0.2, 0) is 6.42 Å². The quantitative estimate of drug-likeness (QED) is 0.853. The highest BCUT2D eigenvalue weighted by Crippen LogP contribution is 2.27. The third-order valence-corrected chi connectivity index (χ3v) is 3.64. The first-order chi connectivity index (χ1) is 9.06. The van der Waals surface area contributed by atoms with Crippen LogP contribution in [0.2, 0.25) is 0 Å². The van der Waals surface area contributed by atoms with Crippen molar-refractivity contribution in [2.45, 2.75) is 45.8 Å². The van der Waals surface area contributed by atoms with Crippen molar-refractivity contribution < 1.29 is 5.11 Å². The van der Waals surface area contributed by atoms with E-state index in [1.807, 2.05) is 0 Å². The Morgan fingerprint density at radius 2 is 2.16 bits per heavy atom. The van der Waals surface area contributed by atoms with Crippen LogP contribution in [0, 0.1) is 6.92 Å². The zero-order valence-corrected chi connectivity index (χ0v) is 12.3. The number of rotatable bonds is 5. The van der Waals surface area contributed by atoms with Crippen molar-refractivity contribution in [3.05, 3.63) is 29.3 Å². The molecule has 3 heteroatoms. The van der Waals surface area contributed by atoms with E-state index in [-0.39, 0.29) is 6.10 Å². The van der Waals surface area contributed by atoms with Gasteiger partial charge < -0.3 is 15.3 Å². The van der Waals surface area contributed by atoms with Gasteiger partial charge in [0.15, 0.2) is 0 Å². The molecule has 0 bridgehead atoms. The first-order valence-electron chi connectivity index (χ1n) is 7.32. The minimum Gasteiger partial charge on any atom is -0.390 e. The predicted molar refractivity (Wildman–Crippen MR) is 80.9 cm³/mol. The summed E-state index contributed by atoms with van der Waals surface area (Å²) in [7, 11) is 0. The summed E-state index contributed by atoms with van der Waals surface area (Å²) < 4.78 is 0. The first kappa shape index (κ1) is 14.4. The zero-order chi connectivity index (χ0) is 13.8.